The molecule has 0 aliphatic carbocycles. The van der Waals surface area contributed by atoms with Gasteiger partial charge in [0, 0.05) is 37.8 Å². The third-order valence-electron chi connectivity index (χ3n) is 3.58. The fourth-order valence-corrected chi connectivity index (χ4v) is 2.55. The molecular weight excluding hydrogens is 216 g/mol. The van der Waals surface area contributed by atoms with Crippen LogP contribution in [-0.4, -0.2) is 37.9 Å². The third kappa shape index (κ3) is 1.98. The van der Waals surface area contributed by atoms with Gasteiger partial charge in [-0.05, 0) is 13.0 Å². The Morgan fingerprint density at radius 1 is 1.24 bits per heavy atom. The van der Waals surface area contributed by atoms with Gasteiger partial charge in [-0.1, -0.05) is 12.1 Å². The molecule has 0 bridgehead atoms. The molecule has 1 fully saturated rings. The Hall–Kier alpha value is -1.26. The van der Waals surface area contributed by atoms with Crippen LogP contribution in [-0.2, 0) is 0 Å². The summed E-state index contributed by atoms with van der Waals surface area (Å²) >= 11 is 0. The predicted octanol–water partition coefficient (Wildman–Crippen LogP) is 1.38. The molecule has 1 aromatic carbocycles. The maximum absolute atomic E-state index is 5.58. The van der Waals surface area contributed by atoms with Crippen LogP contribution in [0.1, 0.15) is 18.5 Å². The number of rotatable bonds is 2. The van der Waals surface area contributed by atoms with Gasteiger partial charge in [-0.3, -0.25) is 4.90 Å². The lowest BCUT2D eigenvalue weighted by Crippen LogP contribution is -2.44. The molecule has 4 heteroatoms. The predicted molar refractivity (Wildman–Crippen MR) is 65.4 cm³/mol. The normalized spacial score (nSPS) is 21.5. The molecule has 0 amide bonds. The number of para-hydroxylation sites is 1. The van der Waals surface area contributed by atoms with Crippen LogP contribution in [0.2, 0.25) is 0 Å². The average molecular weight is 234 g/mol. The van der Waals surface area contributed by atoms with Crippen LogP contribution in [0.25, 0.3) is 0 Å². The monoisotopic (exact) mass is 234 g/mol. The highest BCUT2D eigenvalue weighted by Crippen LogP contribution is 2.39. The minimum atomic E-state index is 0.348. The number of nitrogens with zero attached hydrogens (tertiary/aromatic N) is 1. The lowest BCUT2D eigenvalue weighted by molar-refractivity contribution is 0.163. The highest BCUT2D eigenvalue weighted by molar-refractivity contribution is 5.49. The summed E-state index contributed by atoms with van der Waals surface area (Å²) in [5, 5.41) is 3.38. The van der Waals surface area contributed by atoms with Gasteiger partial charge in [0.2, 0.25) is 6.79 Å². The summed E-state index contributed by atoms with van der Waals surface area (Å²) in [5.74, 6) is 1.81. The molecule has 1 N–H and O–H groups in total. The summed E-state index contributed by atoms with van der Waals surface area (Å²) in [6.45, 7) is 6.90. The first kappa shape index (κ1) is 10.9. The van der Waals surface area contributed by atoms with E-state index >= 15 is 0 Å². The van der Waals surface area contributed by atoms with E-state index in [0.717, 1.165) is 37.7 Å². The van der Waals surface area contributed by atoms with Gasteiger partial charge in [-0.25, -0.2) is 0 Å². The van der Waals surface area contributed by atoms with Gasteiger partial charge < -0.3 is 14.8 Å². The van der Waals surface area contributed by atoms with Gasteiger partial charge in [0.15, 0.2) is 11.5 Å². The van der Waals surface area contributed by atoms with Crippen molar-refractivity contribution < 1.29 is 9.47 Å². The van der Waals surface area contributed by atoms with Crippen molar-refractivity contribution in [2.45, 2.75) is 13.0 Å². The van der Waals surface area contributed by atoms with Crippen LogP contribution in [0.5, 0.6) is 11.5 Å². The molecule has 4 nitrogen and oxygen atoms in total. The molecule has 2 aliphatic rings. The van der Waals surface area contributed by atoms with Crippen LogP contribution >= 0.6 is 0 Å². The Labute approximate surface area is 102 Å². The largest absolute Gasteiger partial charge is 0.454 e. The zero-order chi connectivity index (χ0) is 11.7. The van der Waals surface area contributed by atoms with E-state index in [-0.39, 0.29) is 0 Å². The molecule has 1 aromatic rings. The number of benzene rings is 1. The standard InChI is InChI=1S/C13H18N2O2/c1-10(15-7-5-14-6-8-15)11-3-2-4-12-13(11)17-9-16-12/h2-4,10,14H,5-9H2,1H3/t10-/m0/s1. The van der Waals surface area contributed by atoms with E-state index in [0.29, 0.717) is 12.8 Å². The van der Waals surface area contributed by atoms with E-state index in [2.05, 4.69) is 23.2 Å². The lowest BCUT2D eigenvalue weighted by Gasteiger charge is -2.33. The van der Waals surface area contributed by atoms with Crippen molar-refractivity contribution in [3.63, 3.8) is 0 Å². The first-order valence-corrected chi connectivity index (χ1v) is 6.19. The van der Waals surface area contributed by atoms with Crippen molar-refractivity contribution >= 4 is 0 Å². The molecule has 0 spiro atoms. The number of hydrogen-bond donors (Lipinski definition) is 1. The van der Waals surface area contributed by atoms with Crippen LogP contribution in [0, 0.1) is 0 Å². The van der Waals surface area contributed by atoms with Gasteiger partial charge in [0.25, 0.3) is 0 Å². The van der Waals surface area contributed by atoms with Gasteiger partial charge in [-0.2, -0.15) is 0 Å². The first-order chi connectivity index (χ1) is 8.36. The quantitative estimate of drug-likeness (QED) is 0.838. The van der Waals surface area contributed by atoms with Crippen molar-refractivity contribution in [2.24, 2.45) is 0 Å². The Bertz CT molecular complexity index is 402. The number of hydrogen-bond acceptors (Lipinski definition) is 4. The Morgan fingerprint density at radius 2 is 2.06 bits per heavy atom. The van der Waals surface area contributed by atoms with E-state index in [1.807, 2.05) is 12.1 Å². The average Bonchev–Trinajstić information content (AvgIpc) is 2.87. The Balaban J connectivity index is 1.85. The molecule has 1 atom stereocenters. The van der Waals surface area contributed by atoms with Crippen LogP contribution in [0.4, 0.5) is 0 Å². The minimum Gasteiger partial charge on any atom is -0.454 e. The van der Waals surface area contributed by atoms with Crippen molar-refractivity contribution in [1.29, 1.82) is 0 Å². The van der Waals surface area contributed by atoms with E-state index in [9.17, 15) is 0 Å². The Kier molecular flexibility index (Phi) is 2.91. The highest BCUT2D eigenvalue weighted by Gasteiger charge is 2.25. The van der Waals surface area contributed by atoms with E-state index in [1.54, 1.807) is 0 Å². The van der Waals surface area contributed by atoms with E-state index in [1.165, 1.54) is 5.56 Å². The summed E-state index contributed by atoms with van der Waals surface area (Å²) in [6.07, 6.45) is 0. The number of piperazine rings is 1. The van der Waals surface area contributed by atoms with Gasteiger partial charge in [0.05, 0.1) is 0 Å². The summed E-state index contributed by atoms with van der Waals surface area (Å²) in [6, 6.07) is 6.53. The molecular formula is C13H18N2O2. The first-order valence-electron chi connectivity index (χ1n) is 6.19. The molecule has 92 valence electrons. The molecule has 0 unspecified atom stereocenters. The third-order valence-corrected chi connectivity index (χ3v) is 3.58. The number of ether oxygens (including phenoxy) is 2. The maximum atomic E-state index is 5.58. The molecule has 0 radical (unpaired) electrons. The molecule has 2 heterocycles. The minimum absolute atomic E-state index is 0.348. The summed E-state index contributed by atoms with van der Waals surface area (Å²) in [5.41, 5.74) is 1.24. The van der Waals surface area contributed by atoms with Crippen LogP contribution in [0.3, 0.4) is 0 Å². The maximum Gasteiger partial charge on any atom is 0.231 e. The second-order valence-electron chi connectivity index (χ2n) is 4.54. The Morgan fingerprint density at radius 3 is 2.88 bits per heavy atom. The smallest absolute Gasteiger partial charge is 0.231 e. The zero-order valence-electron chi connectivity index (χ0n) is 10.1. The van der Waals surface area contributed by atoms with E-state index < -0.39 is 0 Å². The second-order valence-corrected chi connectivity index (χ2v) is 4.54. The zero-order valence-corrected chi connectivity index (χ0v) is 10.1. The molecule has 1 saturated heterocycles. The fraction of sp³-hybridized carbons (Fsp3) is 0.538. The second kappa shape index (κ2) is 4.55. The van der Waals surface area contributed by atoms with Crippen molar-refractivity contribution in [3.05, 3.63) is 23.8 Å². The van der Waals surface area contributed by atoms with Crippen molar-refractivity contribution in [2.75, 3.05) is 33.0 Å². The number of nitrogens with one attached hydrogen (secondary N) is 1. The van der Waals surface area contributed by atoms with Gasteiger partial charge >= 0.3 is 0 Å². The van der Waals surface area contributed by atoms with E-state index in [4.69, 9.17) is 9.47 Å². The molecule has 17 heavy (non-hydrogen) atoms. The summed E-state index contributed by atoms with van der Waals surface area (Å²) in [4.78, 5) is 2.48. The summed E-state index contributed by atoms with van der Waals surface area (Å²) in [7, 11) is 0. The SMILES string of the molecule is C[C@@H](c1cccc2c1OCO2)N1CCNCC1. The summed E-state index contributed by atoms with van der Waals surface area (Å²) < 4.78 is 11.0. The molecule has 0 aromatic heterocycles. The molecule has 2 aliphatic heterocycles. The van der Waals surface area contributed by atoms with Crippen LogP contribution in [0.15, 0.2) is 18.2 Å². The topological polar surface area (TPSA) is 33.7 Å². The molecule has 3 rings (SSSR count). The fourth-order valence-electron chi connectivity index (χ4n) is 2.55. The van der Waals surface area contributed by atoms with Gasteiger partial charge in [-0.15, -0.1) is 0 Å². The van der Waals surface area contributed by atoms with Crippen molar-refractivity contribution in [1.82, 2.24) is 10.2 Å². The molecule has 0 saturated carbocycles. The van der Waals surface area contributed by atoms with Crippen LogP contribution < -0.4 is 14.8 Å². The highest BCUT2D eigenvalue weighted by atomic mass is 16.7. The van der Waals surface area contributed by atoms with Crippen molar-refractivity contribution in [3.8, 4) is 11.5 Å². The van der Waals surface area contributed by atoms with Gasteiger partial charge in [0.1, 0.15) is 0 Å². The lowest BCUT2D eigenvalue weighted by atomic mass is 10.0. The number of fused-ring (bicyclic) bond motifs is 1.